The lowest BCUT2D eigenvalue weighted by atomic mass is 9.90. The molecule has 0 aliphatic carbocycles. The van der Waals surface area contributed by atoms with Crippen LogP contribution in [0, 0.1) is 11.8 Å². The van der Waals surface area contributed by atoms with E-state index in [4.69, 9.17) is 9.47 Å². The highest BCUT2D eigenvalue weighted by Gasteiger charge is 2.41. The summed E-state index contributed by atoms with van der Waals surface area (Å²) in [6, 6.07) is 8.16. The Kier molecular flexibility index (Phi) is 6.01. The zero-order chi connectivity index (χ0) is 17.7. The number of rotatable bonds is 6. The number of esters is 1. The van der Waals surface area contributed by atoms with Gasteiger partial charge in [0.05, 0.1) is 17.4 Å². The van der Waals surface area contributed by atoms with Crippen molar-refractivity contribution in [2.24, 2.45) is 11.8 Å². The van der Waals surface area contributed by atoms with Crippen LogP contribution in [0.1, 0.15) is 20.8 Å². The number of hydrogen-bond donors (Lipinski definition) is 0. The zero-order valence-corrected chi connectivity index (χ0v) is 14.9. The molecule has 1 heterocycles. The lowest BCUT2D eigenvalue weighted by Crippen LogP contribution is -2.48. The van der Waals surface area contributed by atoms with E-state index in [0.717, 1.165) is 0 Å². The summed E-state index contributed by atoms with van der Waals surface area (Å²) >= 11 is 0. The SMILES string of the molecule is CCOC(=O)[C@H]1C=CN(S(=O)(=O)c2ccccc2)[C@H](OCC)[C@H]1C. The Morgan fingerprint density at radius 2 is 1.83 bits per heavy atom. The molecule has 2 rings (SSSR count). The first-order chi connectivity index (χ1) is 11.4. The van der Waals surface area contributed by atoms with Crippen molar-refractivity contribution < 1.29 is 22.7 Å². The molecule has 0 saturated carbocycles. The maximum atomic E-state index is 12.9. The minimum Gasteiger partial charge on any atom is -0.466 e. The van der Waals surface area contributed by atoms with Crippen molar-refractivity contribution in [3.8, 4) is 0 Å². The van der Waals surface area contributed by atoms with E-state index in [9.17, 15) is 13.2 Å². The molecule has 1 aliphatic heterocycles. The first-order valence-electron chi connectivity index (χ1n) is 7.98. The van der Waals surface area contributed by atoms with Crippen molar-refractivity contribution in [2.75, 3.05) is 13.2 Å². The average molecular weight is 353 g/mol. The van der Waals surface area contributed by atoms with E-state index < -0.39 is 22.2 Å². The van der Waals surface area contributed by atoms with Gasteiger partial charge in [0.1, 0.15) is 6.23 Å². The van der Waals surface area contributed by atoms with Gasteiger partial charge in [0.15, 0.2) is 0 Å². The largest absolute Gasteiger partial charge is 0.466 e. The van der Waals surface area contributed by atoms with Crippen LogP contribution in [-0.2, 0) is 24.3 Å². The number of benzene rings is 1. The number of ether oxygens (including phenoxy) is 2. The van der Waals surface area contributed by atoms with Crippen LogP contribution in [0.4, 0.5) is 0 Å². The molecule has 0 radical (unpaired) electrons. The molecule has 0 aromatic heterocycles. The van der Waals surface area contributed by atoms with Gasteiger partial charge in [-0.1, -0.05) is 31.2 Å². The Morgan fingerprint density at radius 1 is 1.17 bits per heavy atom. The molecule has 0 fully saturated rings. The fourth-order valence-corrected chi connectivity index (χ4v) is 4.21. The summed E-state index contributed by atoms with van der Waals surface area (Å²) < 4.78 is 37.7. The molecule has 1 aromatic rings. The Morgan fingerprint density at radius 3 is 2.42 bits per heavy atom. The normalized spacial score (nSPS) is 24.0. The van der Waals surface area contributed by atoms with Crippen molar-refractivity contribution in [1.29, 1.82) is 0 Å². The molecule has 6 nitrogen and oxygen atoms in total. The van der Waals surface area contributed by atoms with Crippen molar-refractivity contribution in [3.63, 3.8) is 0 Å². The number of hydrogen-bond acceptors (Lipinski definition) is 5. The molecule has 0 unspecified atom stereocenters. The molecule has 7 heteroatoms. The first kappa shape index (κ1) is 18.5. The number of carbonyl (C=O) groups excluding carboxylic acids is 1. The fraction of sp³-hybridized carbons (Fsp3) is 0.471. The van der Waals surface area contributed by atoms with Crippen LogP contribution in [0.15, 0.2) is 47.5 Å². The van der Waals surface area contributed by atoms with Gasteiger partial charge >= 0.3 is 5.97 Å². The second-order valence-corrected chi connectivity index (χ2v) is 7.32. The maximum absolute atomic E-state index is 12.9. The van der Waals surface area contributed by atoms with Crippen LogP contribution in [0.2, 0.25) is 0 Å². The number of carbonyl (C=O) groups is 1. The summed E-state index contributed by atoms with van der Waals surface area (Å²) in [4.78, 5) is 12.3. The standard InChI is InChI=1S/C17H23NO5S/c1-4-22-16-13(3)15(17(19)23-5-2)11-12-18(16)24(20,21)14-9-7-6-8-10-14/h6-13,15-16H,4-5H2,1-3H3/t13-,15-,16+/m0/s1. The van der Waals surface area contributed by atoms with Crippen LogP contribution in [-0.4, -0.2) is 38.1 Å². The third kappa shape index (κ3) is 3.62. The molecule has 132 valence electrons. The minimum atomic E-state index is -3.76. The third-order valence-corrected chi connectivity index (χ3v) is 5.67. The highest BCUT2D eigenvalue weighted by atomic mass is 32.2. The summed E-state index contributed by atoms with van der Waals surface area (Å²) in [5.74, 6) is -1.28. The number of sulfonamides is 1. The maximum Gasteiger partial charge on any atom is 0.313 e. The Labute approximate surface area is 143 Å². The average Bonchev–Trinajstić information content (AvgIpc) is 2.57. The molecule has 0 saturated heterocycles. The smallest absolute Gasteiger partial charge is 0.313 e. The second-order valence-electron chi connectivity index (χ2n) is 5.47. The van der Waals surface area contributed by atoms with Gasteiger partial charge in [0.25, 0.3) is 10.0 Å². The molecule has 1 aromatic carbocycles. The van der Waals surface area contributed by atoms with Gasteiger partial charge in [-0.3, -0.25) is 4.79 Å². The predicted molar refractivity (Wildman–Crippen MR) is 89.3 cm³/mol. The van der Waals surface area contributed by atoms with Gasteiger partial charge in [-0.2, -0.15) is 0 Å². The van der Waals surface area contributed by atoms with E-state index in [0.29, 0.717) is 6.61 Å². The topological polar surface area (TPSA) is 72.9 Å². The summed E-state index contributed by atoms with van der Waals surface area (Å²) in [6.07, 6.45) is 2.21. The van der Waals surface area contributed by atoms with E-state index in [1.165, 1.54) is 22.6 Å². The highest BCUT2D eigenvalue weighted by Crippen LogP contribution is 2.32. The molecule has 3 atom stereocenters. The predicted octanol–water partition coefficient (Wildman–Crippen LogP) is 2.38. The van der Waals surface area contributed by atoms with Crippen LogP contribution < -0.4 is 0 Å². The quantitative estimate of drug-likeness (QED) is 0.734. The minimum absolute atomic E-state index is 0.182. The highest BCUT2D eigenvalue weighted by molar-refractivity contribution is 7.89. The van der Waals surface area contributed by atoms with Crippen molar-refractivity contribution in [1.82, 2.24) is 4.31 Å². The van der Waals surface area contributed by atoms with Gasteiger partial charge in [-0.05, 0) is 26.0 Å². The molecule has 0 spiro atoms. The van der Waals surface area contributed by atoms with E-state index in [-0.39, 0.29) is 23.4 Å². The van der Waals surface area contributed by atoms with Crippen molar-refractivity contribution in [3.05, 3.63) is 42.6 Å². The Hall–Kier alpha value is -1.86. The second kappa shape index (κ2) is 7.81. The van der Waals surface area contributed by atoms with Crippen molar-refractivity contribution in [2.45, 2.75) is 31.9 Å². The van der Waals surface area contributed by atoms with Gasteiger partial charge < -0.3 is 9.47 Å². The van der Waals surface area contributed by atoms with E-state index in [1.807, 2.05) is 0 Å². The van der Waals surface area contributed by atoms with Gasteiger partial charge in [0.2, 0.25) is 0 Å². The Bertz CT molecular complexity index is 686. The van der Waals surface area contributed by atoms with Crippen LogP contribution >= 0.6 is 0 Å². The first-order valence-corrected chi connectivity index (χ1v) is 9.42. The summed E-state index contributed by atoms with van der Waals surface area (Å²) in [5, 5.41) is 0. The Balaban J connectivity index is 2.39. The summed E-state index contributed by atoms with van der Waals surface area (Å²) in [5.41, 5.74) is 0. The molecule has 1 aliphatic rings. The van der Waals surface area contributed by atoms with E-state index in [1.54, 1.807) is 45.0 Å². The number of nitrogens with zero attached hydrogens (tertiary/aromatic N) is 1. The van der Waals surface area contributed by atoms with E-state index in [2.05, 4.69) is 0 Å². The lowest BCUT2D eigenvalue weighted by Gasteiger charge is -2.39. The monoisotopic (exact) mass is 353 g/mol. The molecule has 0 amide bonds. The fourth-order valence-electron chi connectivity index (χ4n) is 2.71. The zero-order valence-electron chi connectivity index (χ0n) is 14.1. The van der Waals surface area contributed by atoms with E-state index >= 15 is 0 Å². The van der Waals surface area contributed by atoms with Gasteiger partial charge in [0, 0.05) is 18.7 Å². The molecule has 0 N–H and O–H groups in total. The van der Waals surface area contributed by atoms with Crippen LogP contribution in [0.3, 0.4) is 0 Å². The van der Waals surface area contributed by atoms with Crippen LogP contribution in [0.5, 0.6) is 0 Å². The summed E-state index contributed by atoms with van der Waals surface area (Å²) in [6.45, 7) is 5.93. The molecule has 0 bridgehead atoms. The lowest BCUT2D eigenvalue weighted by molar-refractivity contribution is -0.152. The third-order valence-electron chi connectivity index (χ3n) is 3.92. The van der Waals surface area contributed by atoms with Crippen LogP contribution in [0.25, 0.3) is 0 Å². The molecule has 24 heavy (non-hydrogen) atoms. The van der Waals surface area contributed by atoms with Gasteiger partial charge in [-0.25, -0.2) is 12.7 Å². The van der Waals surface area contributed by atoms with Gasteiger partial charge in [-0.15, -0.1) is 0 Å². The molecular formula is C17H23NO5S. The molecular weight excluding hydrogens is 330 g/mol. The summed E-state index contributed by atoms with van der Waals surface area (Å²) in [7, 11) is -3.76. The van der Waals surface area contributed by atoms with Crippen molar-refractivity contribution >= 4 is 16.0 Å².